The first-order valence-electron chi connectivity index (χ1n) is 8.77. The normalized spacial score (nSPS) is 21.8. The number of hydrogen-bond donors (Lipinski definition) is 0. The molecule has 0 unspecified atom stereocenters. The van der Waals surface area contributed by atoms with Crippen LogP contribution in [-0.2, 0) is 0 Å². The topological polar surface area (TPSA) is 77.0 Å². The molecule has 2 aromatic rings. The fraction of sp³-hybridized carbons (Fsp3) is 0.647. The molecule has 2 aromatic heterocycles. The van der Waals surface area contributed by atoms with Crippen molar-refractivity contribution < 1.29 is 9.32 Å². The number of carbonyl (C=O) groups is 1. The number of aromatic nitrogens is 4. The Hall–Kier alpha value is -2.18. The number of carbonyl (C=O) groups excluding carboxylic acids is 1. The zero-order valence-corrected chi connectivity index (χ0v) is 14.2. The number of hydrogen-bond acceptors (Lipinski definition) is 5. The van der Waals surface area contributed by atoms with Crippen molar-refractivity contribution in [1.82, 2.24) is 24.8 Å². The van der Waals surface area contributed by atoms with Crippen molar-refractivity contribution in [3.63, 3.8) is 0 Å². The van der Waals surface area contributed by atoms with E-state index in [1.54, 1.807) is 6.20 Å². The molecule has 1 aliphatic heterocycles. The Balaban J connectivity index is 1.48. The highest BCUT2D eigenvalue weighted by atomic mass is 16.5. The molecule has 1 saturated carbocycles. The zero-order chi connectivity index (χ0) is 16.7. The third-order valence-electron chi connectivity index (χ3n) is 5.31. The quantitative estimate of drug-likeness (QED) is 0.865. The first kappa shape index (κ1) is 15.4. The Morgan fingerprint density at radius 2 is 2.04 bits per heavy atom. The first-order valence-corrected chi connectivity index (χ1v) is 8.77. The number of nitrogens with zero attached hydrogens (tertiary/aromatic N) is 5. The maximum Gasteiger partial charge on any atom is 0.257 e. The summed E-state index contributed by atoms with van der Waals surface area (Å²) < 4.78 is 7.31. The summed E-state index contributed by atoms with van der Waals surface area (Å²) in [5.41, 5.74) is 1.72. The zero-order valence-electron chi connectivity index (χ0n) is 14.2. The number of amides is 1. The minimum Gasteiger partial charge on any atom is -0.339 e. The van der Waals surface area contributed by atoms with E-state index in [1.165, 1.54) is 25.7 Å². The highest BCUT2D eigenvalue weighted by Gasteiger charge is 2.33. The molecule has 0 N–H and O–H groups in total. The SMILES string of the molecule is Cc1noc([C@H]2CCN(C(=O)c3cnn(C4CCCC4)c3C)C2)n1. The molecular formula is C17H23N5O2. The van der Waals surface area contributed by atoms with Gasteiger partial charge in [-0.05, 0) is 33.1 Å². The van der Waals surface area contributed by atoms with E-state index in [0.29, 0.717) is 24.3 Å². The van der Waals surface area contributed by atoms with E-state index in [2.05, 4.69) is 19.9 Å². The summed E-state index contributed by atoms with van der Waals surface area (Å²) >= 11 is 0. The molecule has 2 fully saturated rings. The molecule has 0 radical (unpaired) electrons. The summed E-state index contributed by atoms with van der Waals surface area (Å²) in [6, 6.07) is 0.458. The maximum atomic E-state index is 12.9. The van der Waals surface area contributed by atoms with Crippen molar-refractivity contribution >= 4 is 5.91 Å². The Morgan fingerprint density at radius 1 is 1.25 bits per heavy atom. The third-order valence-corrected chi connectivity index (χ3v) is 5.31. The predicted molar refractivity (Wildman–Crippen MR) is 86.8 cm³/mol. The summed E-state index contributed by atoms with van der Waals surface area (Å²) in [7, 11) is 0. The highest BCUT2D eigenvalue weighted by Crippen LogP contribution is 2.32. The molecule has 128 valence electrons. The lowest BCUT2D eigenvalue weighted by Gasteiger charge is -2.16. The van der Waals surface area contributed by atoms with Gasteiger partial charge in [0.05, 0.1) is 23.7 Å². The number of rotatable bonds is 3. The lowest BCUT2D eigenvalue weighted by molar-refractivity contribution is 0.0788. The monoisotopic (exact) mass is 329 g/mol. The molecule has 1 aliphatic carbocycles. The van der Waals surface area contributed by atoms with E-state index in [4.69, 9.17) is 4.52 Å². The Labute approximate surface area is 141 Å². The second-order valence-corrected chi connectivity index (χ2v) is 6.94. The minimum absolute atomic E-state index is 0.0653. The summed E-state index contributed by atoms with van der Waals surface area (Å²) in [6.45, 7) is 5.17. The van der Waals surface area contributed by atoms with Gasteiger partial charge in [-0.1, -0.05) is 18.0 Å². The molecule has 1 atom stereocenters. The molecule has 4 rings (SSSR count). The van der Waals surface area contributed by atoms with Crippen molar-refractivity contribution in [2.45, 2.75) is 57.9 Å². The molecule has 2 aliphatic rings. The van der Waals surface area contributed by atoms with E-state index in [9.17, 15) is 4.79 Å². The van der Waals surface area contributed by atoms with Crippen molar-refractivity contribution in [3.8, 4) is 0 Å². The fourth-order valence-corrected chi connectivity index (χ4v) is 3.95. The number of likely N-dealkylation sites (tertiary alicyclic amines) is 1. The summed E-state index contributed by atoms with van der Waals surface area (Å²) in [6.07, 6.45) is 7.44. The molecular weight excluding hydrogens is 306 g/mol. The summed E-state index contributed by atoms with van der Waals surface area (Å²) in [5.74, 6) is 1.49. The van der Waals surface area contributed by atoms with Crippen LogP contribution in [0.3, 0.4) is 0 Å². The Kier molecular flexibility index (Phi) is 3.86. The van der Waals surface area contributed by atoms with Crippen LogP contribution in [0.15, 0.2) is 10.7 Å². The van der Waals surface area contributed by atoms with Gasteiger partial charge in [-0.3, -0.25) is 9.48 Å². The Morgan fingerprint density at radius 3 is 2.75 bits per heavy atom. The van der Waals surface area contributed by atoms with E-state index in [0.717, 1.165) is 24.2 Å². The van der Waals surface area contributed by atoms with Crippen molar-refractivity contribution in [2.75, 3.05) is 13.1 Å². The van der Waals surface area contributed by atoms with Crippen LogP contribution in [0, 0.1) is 13.8 Å². The van der Waals surface area contributed by atoms with Crippen LogP contribution in [0.1, 0.15) is 71.8 Å². The van der Waals surface area contributed by atoms with Gasteiger partial charge in [-0.15, -0.1) is 0 Å². The van der Waals surface area contributed by atoms with Gasteiger partial charge in [0.25, 0.3) is 5.91 Å². The first-order chi connectivity index (χ1) is 11.6. The molecule has 0 spiro atoms. The maximum absolute atomic E-state index is 12.9. The van der Waals surface area contributed by atoms with Gasteiger partial charge in [0, 0.05) is 18.8 Å². The standard InChI is InChI=1S/C17H23N5O2/c1-11-15(9-18-22(11)14-5-3-4-6-14)17(23)21-8-7-13(10-21)16-19-12(2)20-24-16/h9,13-14H,3-8,10H2,1-2H3/t13-/m0/s1. The third kappa shape index (κ3) is 2.61. The molecule has 24 heavy (non-hydrogen) atoms. The number of aryl methyl sites for hydroxylation is 1. The van der Waals surface area contributed by atoms with Crippen LogP contribution in [0.4, 0.5) is 0 Å². The van der Waals surface area contributed by atoms with Gasteiger partial charge in [-0.25, -0.2) is 0 Å². The fourth-order valence-electron chi connectivity index (χ4n) is 3.95. The molecule has 1 amide bonds. The lowest BCUT2D eigenvalue weighted by Crippen LogP contribution is -2.29. The second kappa shape index (κ2) is 6.03. The average Bonchev–Trinajstić information content (AvgIpc) is 3.33. The van der Waals surface area contributed by atoms with Gasteiger partial charge in [0.2, 0.25) is 5.89 Å². The molecule has 7 nitrogen and oxygen atoms in total. The second-order valence-electron chi connectivity index (χ2n) is 6.94. The lowest BCUT2D eigenvalue weighted by atomic mass is 10.1. The van der Waals surface area contributed by atoms with Gasteiger partial charge in [-0.2, -0.15) is 10.1 Å². The smallest absolute Gasteiger partial charge is 0.257 e. The van der Waals surface area contributed by atoms with E-state index >= 15 is 0 Å². The Bertz CT molecular complexity index is 744. The van der Waals surface area contributed by atoms with Crippen LogP contribution < -0.4 is 0 Å². The van der Waals surface area contributed by atoms with Gasteiger partial charge in [0.15, 0.2) is 5.82 Å². The van der Waals surface area contributed by atoms with Crippen LogP contribution in [0.25, 0.3) is 0 Å². The van der Waals surface area contributed by atoms with Crippen molar-refractivity contribution in [2.24, 2.45) is 0 Å². The van der Waals surface area contributed by atoms with Crippen LogP contribution in [0.2, 0.25) is 0 Å². The van der Waals surface area contributed by atoms with Crippen LogP contribution in [-0.4, -0.2) is 43.8 Å². The van der Waals surface area contributed by atoms with E-state index in [1.807, 2.05) is 18.7 Å². The molecule has 0 bridgehead atoms. The molecule has 7 heteroatoms. The van der Waals surface area contributed by atoms with Crippen LogP contribution >= 0.6 is 0 Å². The van der Waals surface area contributed by atoms with E-state index in [-0.39, 0.29) is 11.8 Å². The molecule has 0 aromatic carbocycles. The van der Waals surface area contributed by atoms with Gasteiger partial charge < -0.3 is 9.42 Å². The molecule has 3 heterocycles. The largest absolute Gasteiger partial charge is 0.339 e. The highest BCUT2D eigenvalue weighted by molar-refractivity contribution is 5.95. The minimum atomic E-state index is 0.0653. The molecule has 1 saturated heterocycles. The summed E-state index contributed by atoms with van der Waals surface area (Å²) in [4.78, 5) is 19.1. The van der Waals surface area contributed by atoms with Crippen molar-refractivity contribution in [3.05, 3.63) is 29.2 Å². The predicted octanol–water partition coefficient (Wildman–Crippen LogP) is 2.63. The summed E-state index contributed by atoms with van der Waals surface area (Å²) in [5, 5.41) is 8.35. The van der Waals surface area contributed by atoms with E-state index < -0.39 is 0 Å². The average molecular weight is 329 g/mol. The van der Waals surface area contributed by atoms with Crippen LogP contribution in [0.5, 0.6) is 0 Å². The van der Waals surface area contributed by atoms with Gasteiger partial charge in [0.1, 0.15) is 0 Å². The van der Waals surface area contributed by atoms with Gasteiger partial charge >= 0.3 is 0 Å². The van der Waals surface area contributed by atoms with Crippen molar-refractivity contribution in [1.29, 1.82) is 0 Å².